The van der Waals surface area contributed by atoms with Gasteiger partial charge in [-0.25, -0.2) is 13.8 Å². The lowest BCUT2D eigenvalue weighted by atomic mass is 10.2. The van der Waals surface area contributed by atoms with Gasteiger partial charge in [0.2, 0.25) is 0 Å². The highest BCUT2D eigenvalue weighted by Crippen LogP contribution is 2.29. The minimum absolute atomic E-state index is 0.00255. The first-order chi connectivity index (χ1) is 6.60. The summed E-state index contributed by atoms with van der Waals surface area (Å²) in [5.74, 6) is 0. The van der Waals surface area contributed by atoms with Crippen molar-refractivity contribution in [3.05, 3.63) is 27.5 Å². The molecule has 1 aromatic rings. The third-order valence-electron chi connectivity index (χ3n) is 1.55. The number of alkyl halides is 3. The van der Waals surface area contributed by atoms with E-state index in [9.17, 15) is 13.6 Å². The van der Waals surface area contributed by atoms with Gasteiger partial charge >= 0.3 is 0 Å². The van der Waals surface area contributed by atoms with E-state index >= 15 is 0 Å². The molecule has 0 bridgehead atoms. The van der Waals surface area contributed by atoms with Crippen molar-refractivity contribution < 1.29 is 13.6 Å². The summed E-state index contributed by atoms with van der Waals surface area (Å²) in [6, 6.07) is 1.26. The van der Waals surface area contributed by atoms with Crippen LogP contribution >= 0.6 is 31.9 Å². The molecule has 76 valence electrons. The van der Waals surface area contributed by atoms with Crippen molar-refractivity contribution in [3.63, 3.8) is 0 Å². The highest BCUT2D eigenvalue weighted by molar-refractivity contribution is 9.10. The van der Waals surface area contributed by atoms with Gasteiger partial charge < -0.3 is 0 Å². The first kappa shape index (κ1) is 11.7. The molecule has 6 heteroatoms. The average molecular weight is 329 g/mol. The molecule has 0 saturated carbocycles. The van der Waals surface area contributed by atoms with E-state index in [1.54, 1.807) is 0 Å². The molecular formula is C8H5Br2F2NO. The number of nitrogens with zero attached hydrogens (tertiary/aromatic N) is 1. The van der Waals surface area contributed by atoms with Crippen LogP contribution in [0.15, 0.2) is 10.5 Å². The Bertz CT molecular complexity index is 357. The fraction of sp³-hybridized carbons (Fsp3) is 0.250. The summed E-state index contributed by atoms with van der Waals surface area (Å²) in [4.78, 5) is 14.4. The smallest absolute Gasteiger partial charge is 0.265 e. The van der Waals surface area contributed by atoms with Crippen LogP contribution in [0.5, 0.6) is 0 Å². The van der Waals surface area contributed by atoms with Crippen molar-refractivity contribution in [1.29, 1.82) is 0 Å². The maximum absolute atomic E-state index is 12.5. The molecule has 0 spiro atoms. The minimum Gasteiger partial charge on any atom is -0.296 e. The first-order valence-corrected chi connectivity index (χ1v) is 5.50. The summed E-state index contributed by atoms with van der Waals surface area (Å²) in [6.45, 7) is 0. The van der Waals surface area contributed by atoms with Crippen LogP contribution in [0.2, 0.25) is 0 Å². The zero-order chi connectivity index (χ0) is 10.7. The van der Waals surface area contributed by atoms with Gasteiger partial charge in [0.15, 0.2) is 6.29 Å². The molecule has 0 N–H and O–H groups in total. The predicted octanol–water partition coefficient (Wildman–Crippen LogP) is 3.49. The monoisotopic (exact) mass is 327 g/mol. The molecule has 0 radical (unpaired) electrons. The Morgan fingerprint density at radius 1 is 1.57 bits per heavy atom. The van der Waals surface area contributed by atoms with Gasteiger partial charge in [0.05, 0.1) is 10.2 Å². The highest BCUT2D eigenvalue weighted by Gasteiger charge is 2.16. The molecule has 0 amide bonds. The lowest BCUT2D eigenvalue weighted by Gasteiger charge is -2.06. The summed E-state index contributed by atoms with van der Waals surface area (Å²) >= 11 is 6.01. The number of hydrogen-bond donors (Lipinski definition) is 0. The molecule has 0 saturated heterocycles. The maximum atomic E-state index is 12.5. The van der Waals surface area contributed by atoms with Gasteiger partial charge in [-0.3, -0.25) is 4.79 Å². The Morgan fingerprint density at radius 2 is 2.21 bits per heavy atom. The van der Waals surface area contributed by atoms with Crippen molar-refractivity contribution >= 4 is 38.1 Å². The van der Waals surface area contributed by atoms with E-state index in [1.807, 2.05) is 0 Å². The lowest BCUT2D eigenvalue weighted by Crippen LogP contribution is -1.99. The fourth-order valence-corrected chi connectivity index (χ4v) is 1.69. The van der Waals surface area contributed by atoms with Gasteiger partial charge in [-0.1, -0.05) is 15.9 Å². The van der Waals surface area contributed by atoms with Crippen LogP contribution in [0.3, 0.4) is 0 Å². The third-order valence-corrected chi connectivity index (χ3v) is 2.99. The standard InChI is InChI=1S/C8H5Br2F2NO/c9-2-4-1-5(8(11)12)7(10)6(3-14)13-4/h1,3,8H,2H2. The Hall–Kier alpha value is -0.360. The second kappa shape index (κ2) is 4.93. The molecule has 0 aromatic carbocycles. The third kappa shape index (κ3) is 2.36. The van der Waals surface area contributed by atoms with Crippen molar-refractivity contribution in [2.45, 2.75) is 11.8 Å². The van der Waals surface area contributed by atoms with Crippen LogP contribution < -0.4 is 0 Å². The van der Waals surface area contributed by atoms with Crippen molar-refractivity contribution in [2.75, 3.05) is 0 Å². The lowest BCUT2D eigenvalue weighted by molar-refractivity contribution is 0.111. The first-order valence-electron chi connectivity index (χ1n) is 3.58. The number of rotatable bonds is 3. The number of aromatic nitrogens is 1. The molecule has 1 heterocycles. The van der Waals surface area contributed by atoms with E-state index in [-0.39, 0.29) is 15.7 Å². The van der Waals surface area contributed by atoms with Gasteiger partial charge in [-0.2, -0.15) is 0 Å². The van der Waals surface area contributed by atoms with E-state index in [1.165, 1.54) is 6.07 Å². The molecule has 0 aliphatic rings. The Labute approximate surface area is 96.0 Å². The normalized spacial score (nSPS) is 10.6. The van der Waals surface area contributed by atoms with Gasteiger partial charge in [0.1, 0.15) is 5.69 Å². The topological polar surface area (TPSA) is 30.0 Å². The van der Waals surface area contributed by atoms with Crippen molar-refractivity contribution in [2.24, 2.45) is 0 Å². The number of carbonyl (C=O) groups is 1. The molecule has 0 aliphatic heterocycles. The van der Waals surface area contributed by atoms with Crippen molar-refractivity contribution in [1.82, 2.24) is 4.98 Å². The quantitative estimate of drug-likeness (QED) is 0.628. The van der Waals surface area contributed by atoms with E-state index in [0.29, 0.717) is 17.3 Å². The predicted molar refractivity (Wildman–Crippen MR) is 54.9 cm³/mol. The minimum atomic E-state index is -2.62. The van der Waals surface area contributed by atoms with Gasteiger partial charge in [0, 0.05) is 10.9 Å². The van der Waals surface area contributed by atoms with Crippen LogP contribution in [-0.2, 0) is 5.33 Å². The van der Waals surface area contributed by atoms with Gasteiger partial charge in [-0.05, 0) is 22.0 Å². The van der Waals surface area contributed by atoms with Crippen LogP contribution in [0, 0.1) is 0 Å². The van der Waals surface area contributed by atoms with Gasteiger partial charge in [-0.15, -0.1) is 0 Å². The zero-order valence-electron chi connectivity index (χ0n) is 6.81. The number of aldehydes is 1. The number of hydrogen-bond acceptors (Lipinski definition) is 2. The molecule has 14 heavy (non-hydrogen) atoms. The molecule has 0 fully saturated rings. The van der Waals surface area contributed by atoms with E-state index in [2.05, 4.69) is 36.8 Å². The maximum Gasteiger partial charge on any atom is 0.265 e. The molecule has 2 nitrogen and oxygen atoms in total. The van der Waals surface area contributed by atoms with Crippen LogP contribution in [0.25, 0.3) is 0 Å². The summed E-state index contributed by atoms with van der Waals surface area (Å²) < 4.78 is 25.0. The number of carbonyl (C=O) groups excluding carboxylic acids is 1. The summed E-state index contributed by atoms with van der Waals surface area (Å²) in [7, 11) is 0. The van der Waals surface area contributed by atoms with Crippen LogP contribution in [-0.4, -0.2) is 11.3 Å². The Morgan fingerprint density at radius 3 is 2.64 bits per heavy atom. The Kier molecular flexibility index (Phi) is 4.12. The SMILES string of the molecule is O=Cc1nc(CBr)cc(C(F)F)c1Br. The van der Waals surface area contributed by atoms with E-state index in [4.69, 9.17) is 0 Å². The average Bonchev–Trinajstić information content (AvgIpc) is 2.17. The molecule has 0 atom stereocenters. The second-order valence-electron chi connectivity index (χ2n) is 2.45. The highest BCUT2D eigenvalue weighted by atomic mass is 79.9. The Balaban J connectivity index is 3.34. The summed E-state index contributed by atoms with van der Waals surface area (Å²) in [5.41, 5.74) is 0.194. The van der Waals surface area contributed by atoms with Crippen LogP contribution in [0.1, 0.15) is 28.2 Å². The molecule has 0 unspecified atom stereocenters. The second-order valence-corrected chi connectivity index (χ2v) is 3.81. The molecule has 1 aromatic heterocycles. The van der Waals surface area contributed by atoms with Crippen molar-refractivity contribution in [3.8, 4) is 0 Å². The van der Waals surface area contributed by atoms with E-state index in [0.717, 1.165) is 0 Å². The number of halogens is 4. The fourth-order valence-electron chi connectivity index (χ4n) is 0.932. The largest absolute Gasteiger partial charge is 0.296 e. The number of pyridine rings is 1. The molecule has 1 rings (SSSR count). The van der Waals surface area contributed by atoms with Gasteiger partial charge in [0.25, 0.3) is 6.43 Å². The van der Waals surface area contributed by atoms with E-state index < -0.39 is 6.43 Å². The summed E-state index contributed by atoms with van der Waals surface area (Å²) in [5, 5.41) is 0.334. The zero-order valence-corrected chi connectivity index (χ0v) is 9.98. The molecular weight excluding hydrogens is 324 g/mol. The summed E-state index contributed by atoms with van der Waals surface area (Å²) in [6.07, 6.45) is -2.17. The van der Waals surface area contributed by atoms with Crippen LogP contribution in [0.4, 0.5) is 8.78 Å². The molecule has 0 aliphatic carbocycles.